The van der Waals surface area contributed by atoms with Crippen molar-refractivity contribution >= 4 is 85.9 Å². The van der Waals surface area contributed by atoms with Gasteiger partial charge in [0.25, 0.3) is 0 Å². The molecule has 0 rings (SSSR count). The monoisotopic (exact) mass is 294 g/mol. The van der Waals surface area contributed by atoms with E-state index in [9.17, 15) is 0 Å². The van der Waals surface area contributed by atoms with Crippen LogP contribution in [0.1, 0.15) is 0 Å². The third-order valence-corrected chi connectivity index (χ3v) is 0. The maximum absolute atomic E-state index is 0. The van der Waals surface area contributed by atoms with Crippen molar-refractivity contribution < 1.29 is 0 Å². The van der Waals surface area contributed by atoms with Gasteiger partial charge in [0.05, 0.1) is 0 Å². The van der Waals surface area contributed by atoms with Gasteiger partial charge in [0.2, 0.25) is 0 Å². The second kappa shape index (κ2) is 30.4. The molecule has 0 saturated carbocycles. The number of rotatable bonds is 0. The zero-order valence-electron chi connectivity index (χ0n) is 2.38. The van der Waals surface area contributed by atoms with Crippen molar-refractivity contribution in [2.24, 2.45) is 0 Å². The summed E-state index contributed by atoms with van der Waals surface area (Å²) in [5.74, 6) is 0. The summed E-state index contributed by atoms with van der Waals surface area (Å²) < 4.78 is 0. The Kier molecular flexibility index (Phi) is 296. The topological polar surface area (TPSA) is 0 Å². The minimum atomic E-state index is 0. The number of hydrogen-bond acceptors (Lipinski definition) is 0. The Bertz CT molecular complexity index is 4.85. The van der Waals surface area contributed by atoms with E-state index < -0.39 is 0 Å². The standard InChI is InChI=1S/2Al.3Se/q2*+3;3*-2. The van der Waals surface area contributed by atoms with Crippen molar-refractivity contribution in [2.45, 2.75) is 0 Å². The molecule has 0 atom stereocenters. The smallest absolute Gasteiger partial charge is 2.00 e. The molecule has 0 amide bonds. The summed E-state index contributed by atoms with van der Waals surface area (Å²) in [6.07, 6.45) is 0. The van der Waals surface area contributed by atoms with Gasteiger partial charge in [-0.1, -0.05) is 0 Å². The third-order valence-electron chi connectivity index (χ3n) is 0. The first-order valence-electron chi connectivity index (χ1n) is 0. The normalized spacial score (nSPS) is 0. The Labute approximate surface area is 84.9 Å². The van der Waals surface area contributed by atoms with Crippen LogP contribution in [-0.2, 0) is 0 Å². The van der Waals surface area contributed by atoms with E-state index in [0.717, 1.165) is 0 Å². The molecular weight excluding hydrogens is 291 g/mol. The van der Waals surface area contributed by atoms with E-state index in [4.69, 9.17) is 0 Å². The van der Waals surface area contributed by atoms with E-state index in [-0.39, 0.29) is 85.9 Å². The molecule has 0 aromatic heterocycles. The van der Waals surface area contributed by atoms with Crippen LogP contribution in [0.4, 0.5) is 0 Å². The summed E-state index contributed by atoms with van der Waals surface area (Å²) in [6.45, 7) is 0. The van der Waals surface area contributed by atoms with Crippen molar-refractivity contribution in [3.63, 3.8) is 0 Å². The second-order valence-electron chi connectivity index (χ2n) is 0. The Balaban J connectivity index is 0. The molecule has 0 aliphatic carbocycles. The summed E-state index contributed by atoms with van der Waals surface area (Å²) in [7, 11) is 0. The van der Waals surface area contributed by atoms with E-state index in [2.05, 4.69) is 0 Å². The van der Waals surface area contributed by atoms with Gasteiger partial charge in [-0.25, -0.2) is 0 Å². The van der Waals surface area contributed by atoms with Crippen molar-refractivity contribution in [2.75, 3.05) is 0 Å². The molecule has 0 aromatic rings. The first kappa shape index (κ1) is 48.6. The molecule has 0 fully saturated rings. The average molecular weight is 291 g/mol. The van der Waals surface area contributed by atoms with E-state index in [1.54, 1.807) is 0 Å². The largest absolute Gasteiger partial charge is 3.00 e. The van der Waals surface area contributed by atoms with Gasteiger partial charge in [0.15, 0.2) is 0 Å². The molecule has 24 valence electrons. The minimum Gasteiger partial charge on any atom is -2.00 e. The second-order valence-corrected chi connectivity index (χ2v) is 0. The molecule has 0 nitrogen and oxygen atoms in total. The Hall–Kier alpha value is 2.62. The van der Waals surface area contributed by atoms with Gasteiger partial charge in [0.1, 0.15) is 0 Å². The molecular formula is Al2Se3. The predicted octanol–water partition coefficient (Wildman–Crippen LogP) is -1.90. The predicted molar refractivity (Wildman–Crippen MR) is 28.8 cm³/mol. The minimum absolute atomic E-state index is 0. The van der Waals surface area contributed by atoms with E-state index >= 15 is 0 Å². The molecule has 0 aromatic carbocycles. The Morgan fingerprint density at radius 2 is 0.400 bits per heavy atom. The summed E-state index contributed by atoms with van der Waals surface area (Å²) in [6, 6.07) is 0. The maximum atomic E-state index is 0. The van der Waals surface area contributed by atoms with Crippen molar-refractivity contribution in [3.05, 3.63) is 0 Å². The van der Waals surface area contributed by atoms with Crippen LogP contribution in [-0.4, -0.2) is 85.9 Å². The third kappa shape index (κ3) is 20.6. The van der Waals surface area contributed by atoms with Crippen molar-refractivity contribution in [1.29, 1.82) is 0 Å². The molecule has 0 bridgehead atoms. The van der Waals surface area contributed by atoms with Crippen LogP contribution in [0.15, 0.2) is 0 Å². The van der Waals surface area contributed by atoms with Crippen molar-refractivity contribution in [3.8, 4) is 0 Å². The first-order valence-corrected chi connectivity index (χ1v) is 0. The number of hydrogen-bond donors (Lipinski definition) is 0. The van der Waals surface area contributed by atoms with E-state index in [1.165, 1.54) is 0 Å². The van der Waals surface area contributed by atoms with Gasteiger partial charge in [-0.2, -0.15) is 0 Å². The van der Waals surface area contributed by atoms with E-state index in [0.29, 0.717) is 0 Å². The summed E-state index contributed by atoms with van der Waals surface area (Å²) in [5, 5.41) is 0. The van der Waals surface area contributed by atoms with Crippen LogP contribution in [0, 0.1) is 0 Å². The SMILES string of the molecule is [Al+3].[Al+3].[Se-2].[Se-2].[Se-2]. The Morgan fingerprint density at radius 3 is 0.400 bits per heavy atom. The van der Waals surface area contributed by atoms with Gasteiger partial charge in [-0.05, 0) is 0 Å². The summed E-state index contributed by atoms with van der Waals surface area (Å²) in [5.41, 5.74) is 0. The molecule has 0 spiro atoms. The quantitative estimate of drug-likeness (QED) is 0.457. The van der Waals surface area contributed by atoms with Gasteiger partial charge < -0.3 is 51.2 Å². The molecule has 0 aliphatic heterocycles. The molecule has 0 N–H and O–H groups in total. The fraction of sp³-hybridized carbons (Fsp3) is 0. The molecule has 0 radical (unpaired) electrons. The van der Waals surface area contributed by atoms with Gasteiger partial charge in [0, 0.05) is 0 Å². The van der Waals surface area contributed by atoms with Crippen LogP contribution in [0.2, 0.25) is 0 Å². The van der Waals surface area contributed by atoms with E-state index in [1.807, 2.05) is 0 Å². The maximum Gasteiger partial charge on any atom is 3.00 e. The zero-order valence-corrected chi connectivity index (χ0v) is 9.83. The van der Waals surface area contributed by atoms with Gasteiger partial charge in [-0.15, -0.1) is 0 Å². The fourth-order valence-electron chi connectivity index (χ4n) is 0. The summed E-state index contributed by atoms with van der Waals surface area (Å²) in [4.78, 5) is 0. The molecule has 0 aliphatic rings. The summed E-state index contributed by atoms with van der Waals surface area (Å²) >= 11 is 0. The van der Waals surface area contributed by atoms with Gasteiger partial charge >= 0.3 is 34.7 Å². The first-order chi connectivity index (χ1) is 0. The van der Waals surface area contributed by atoms with Gasteiger partial charge in [-0.3, -0.25) is 0 Å². The van der Waals surface area contributed by atoms with Crippen LogP contribution in [0.3, 0.4) is 0 Å². The molecule has 5 heteroatoms. The Morgan fingerprint density at radius 1 is 0.400 bits per heavy atom. The molecule has 0 heterocycles. The molecule has 0 saturated heterocycles. The van der Waals surface area contributed by atoms with Crippen LogP contribution in [0.5, 0.6) is 0 Å². The zero-order chi connectivity index (χ0) is 0. The average Bonchev–Trinajstić information content (AvgIpc) is 0. The fourth-order valence-corrected chi connectivity index (χ4v) is 0. The molecule has 0 unspecified atom stereocenters. The van der Waals surface area contributed by atoms with Crippen LogP contribution in [0.25, 0.3) is 0 Å². The molecule has 5 heavy (non-hydrogen) atoms. The van der Waals surface area contributed by atoms with Crippen LogP contribution < -0.4 is 0 Å². The van der Waals surface area contributed by atoms with Crippen molar-refractivity contribution in [1.82, 2.24) is 0 Å². The van der Waals surface area contributed by atoms with Crippen LogP contribution >= 0.6 is 0 Å².